The molecular weight excluding hydrogens is 178 g/mol. The fourth-order valence-electron chi connectivity index (χ4n) is 1.34. The Hall–Kier alpha value is -0.240. The van der Waals surface area contributed by atoms with Gasteiger partial charge in [0.1, 0.15) is 18.3 Å². The lowest BCUT2D eigenvalue weighted by Crippen LogP contribution is -2.44. The fourth-order valence-corrected chi connectivity index (χ4v) is 1.34. The first-order valence-electron chi connectivity index (χ1n) is 4.02. The highest BCUT2D eigenvalue weighted by Crippen LogP contribution is 2.22. The Morgan fingerprint density at radius 2 is 2.23 bits per heavy atom. The van der Waals surface area contributed by atoms with Gasteiger partial charge in [-0.05, 0) is 0 Å². The van der Waals surface area contributed by atoms with Crippen molar-refractivity contribution in [1.29, 1.82) is 0 Å². The minimum absolute atomic E-state index is 0.481. The summed E-state index contributed by atoms with van der Waals surface area (Å²) in [6.45, 7) is -0.481. The van der Waals surface area contributed by atoms with Crippen LogP contribution in [0.1, 0.15) is 0 Å². The summed E-state index contributed by atoms with van der Waals surface area (Å²) in [5, 5.41) is 27.3. The SMILES string of the molecule is CO[C@H]1O[C@@H]([C@H](O)CO)[C@@H](O)[C@@H]1N. The van der Waals surface area contributed by atoms with E-state index in [2.05, 4.69) is 0 Å². The van der Waals surface area contributed by atoms with E-state index in [1.807, 2.05) is 0 Å². The second-order valence-corrected chi connectivity index (χ2v) is 3.02. The van der Waals surface area contributed by atoms with Gasteiger partial charge in [-0.2, -0.15) is 0 Å². The molecule has 0 aromatic heterocycles. The summed E-state index contributed by atoms with van der Waals surface area (Å²) in [6.07, 6.45) is -3.78. The van der Waals surface area contributed by atoms with Crippen molar-refractivity contribution in [3.8, 4) is 0 Å². The van der Waals surface area contributed by atoms with Crippen LogP contribution in [0.2, 0.25) is 0 Å². The van der Waals surface area contributed by atoms with Crippen LogP contribution in [0.15, 0.2) is 0 Å². The van der Waals surface area contributed by atoms with Gasteiger partial charge in [0.05, 0.1) is 12.6 Å². The normalized spacial score (nSPS) is 42.2. The number of methoxy groups -OCH3 is 1. The molecule has 1 heterocycles. The summed E-state index contributed by atoms with van der Waals surface area (Å²) in [5.74, 6) is 0. The predicted octanol–water partition coefficient (Wildman–Crippen LogP) is -2.60. The maximum absolute atomic E-state index is 9.46. The molecule has 6 nitrogen and oxygen atoms in total. The summed E-state index contributed by atoms with van der Waals surface area (Å²) in [7, 11) is 1.39. The van der Waals surface area contributed by atoms with Gasteiger partial charge in [0, 0.05) is 7.11 Å². The maximum atomic E-state index is 9.46. The van der Waals surface area contributed by atoms with Crippen LogP contribution in [0.5, 0.6) is 0 Å². The van der Waals surface area contributed by atoms with E-state index in [9.17, 15) is 10.2 Å². The zero-order valence-corrected chi connectivity index (χ0v) is 7.33. The number of nitrogens with two attached hydrogens (primary N) is 1. The van der Waals surface area contributed by atoms with Crippen molar-refractivity contribution in [2.75, 3.05) is 13.7 Å². The Labute approximate surface area is 75.9 Å². The largest absolute Gasteiger partial charge is 0.394 e. The molecule has 6 heteroatoms. The summed E-state index contributed by atoms with van der Waals surface area (Å²) < 4.78 is 9.90. The molecule has 0 unspecified atom stereocenters. The van der Waals surface area contributed by atoms with Crippen LogP contribution in [0.25, 0.3) is 0 Å². The van der Waals surface area contributed by atoms with Crippen LogP contribution in [-0.4, -0.2) is 59.7 Å². The zero-order valence-electron chi connectivity index (χ0n) is 7.33. The van der Waals surface area contributed by atoms with Crippen molar-refractivity contribution >= 4 is 0 Å². The number of aliphatic hydroxyl groups is 3. The van der Waals surface area contributed by atoms with Crippen molar-refractivity contribution in [2.24, 2.45) is 5.73 Å². The molecule has 13 heavy (non-hydrogen) atoms. The van der Waals surface area contributed by atoms with Gasteiger partial charge >= 0.3 is 0 Å². The van der Waals surface area contributed by atoms with Crippen LogP contribution >= 0.6 is 0 Å². The predicted molar refractivity (Wildman–Crippen MR) is 42.7 cm³/mol. The third-order valence-electron chi connectivity index (χ3n) is 2.14. The number of hydrogen-bond acceptors (Lipinski definition) is 6. The number of ether oxygens (including phenoxy) is 2. The molecule has 1 aliphatic heterocycles. The molecule has 1 fully saturated rings. The van der Waals surface area contributed by atoms with Crippen molar-refractivity contribution in [1.82, 2.24) is 0 Å². The number of rotatable bonds is 3. The minimum Gasteiger partial charge on any atom is -0.394 e. The molecule has 0 spiro atoms. The highest BCUT2D eigenvalue weighted by Gasteiger charge is 2.44. The monoisotopic (exact) mass is 193 g/mol. The van der Waals surface area contributed by atoms with Crippen molar-refractivity contribution < 1.29 is 24.8 Å². The molecule has 1 saturated heterocycles. The third kappa shape index (κ3) is 1.98. The van der Waals surface area contributed by atoms with E-state index in [0.29, 0.717) is 0 Å². The lowest BCUT2D eigenvalue weighted by Gasteiger charge is -2.18. The van der Waals surface area contributed by atoms with Crippen LogP contribution in [0.4, 0.5) is 0 Å². The van der Waals surface area contributed by atoms with E-state index < -0.39 is 37.3 Å². The first-order chi connectivity index (χ1) is 6.11. The highest BCUT2D eigenvalue weighted by atomic mass is 16.7. The van der Waals surface area contributed by atoms with E-state index >= 15 is 0 Å². The second kappa shape index (κ2) is 4.32. The van der Waals surface area contributed by atoms with Crippen LogP contribution in [0.3, 0.4) is 0 Å². The summed E-state index contributed by atoms with van der Waals surface area (Å²) in [5.41, 5.74) is 5.52. The summed E-state index contributed by atoms with van der Waals surface area (Å²) in [6, 6.07) is -0.698. The molecule has 0 amide bonds. The van der Waals surface area contributed by atoms with E-state index in [-0.39, 0.29) is 0 Å². The average Bonchev–Trinajstić information content (AvgIpc) is 2.43. The molecule has 0 aromatic carbocycles. The zero-order chi connectivity index (χ0) is 10.0. The van der Waals surface area contributed by atoms with Gasteiger partial charge in [0.15, 0.2) is 6.29 Å². The van der Waals surface area contributed by atoms with Crippen LogP contribution in [0, 0.1) is 0 Å². The number of aliphatic hydroxyl groups excluding tert-OH is 3. The minimum atomic E-state index is -1.14. The average molecular weight is 193 g/mol. The second-order valence-electron chi connectivity index (χ2n) is 3.02. The Balaban J connectivity index is 2.60. The smallest absolute Gasteiger partial charge is 0.175 e. The molecule has 1 aliphatic rings. The first kappa shape index (κ1) is 10.8. The molecule has 0 bridgehead atoms. The Morgan fingerprint density at radius 3 is 2.62 bits per heavy atom. The Bertz CT molecular complexity index is 167. The van der Waals surface area contributed by atoms with Crippen LogP contribution in [-0.2, 0) is 9.47 Å². The molecule has 0 saturated carbocycles. The molecule has 1 rings (SSSR count). The first-order valence-corrected chi connectivity index (χ1v) is 4.02. The molecule has 5 N–H and O–H groups in total. The third-order valence-corrected chi connectivity index (χ3v) is 2.14. The van der Waals surface area contributed by atoms with Crippen LogP contribution < -0.4 is 5.73 Å². The van der Waals surface area contributed by atoms with E-state index in [1.54, 1.807) is 0 Å². The summed E-state index contributed by atoms with van der Waals surface area (Å²) in [4.78, 5) is 0. The highest BCUT2D eigenvalue weighted by molar-refractivity contribution is 4.92. The molecule has 0 aliphatic carbocycles. The standard InChI is InChI=1S/C7H15NO5/c1-12-7-4(8)5(11)6(13-7)3(10)2-9/h3-7,9-11H,2,8H2,1H3/t3-,4+,5+,6+,7+/m1/s1. The summed E-state index contributed by atoms with van der Waals surface area (Å²) >= 11 is 0. The quantitative estimate of drug-likeness (QED) is 0.391. The van der Waals surface area contributed by atoms with Crippen molar-refractivity contribution in [2.45, 2.75) is 30.6 Å². The van der Waals surface area contributed by atoms with Gasteiger partial charge in [0.2, 0.25) is 0 Å². The van der Waals surface area contributed by atoms with Gasteiger partial charge in [-0.25, -0.2) is 0 Å². The number of hydrogen-bond donors (Lipinski definition) is 4. The van der Waals surface area contributed by atoms with Crippen molar-refractivity contribution in [3.05, 3.63) is 0 Å². The van der Waals surface area contributed by atoms with Gasteiger partial charge in [-0.3, -0.25) is 0 Å². The molecule has 0 aromatic rings. The molecule has 0 radical (unpaired) electrons. The molecular formula is C7H15NO5. The fraction of sp³-hybridized carbons (Fsp3) is 1.00. The molecule has 5 atom stereocenters. The van der Waals surface area contributed by atoms with Gasteiger partial charge in [0.25, 0.3) is 0 Å². The van der Waals surface area contributed by atoms with E-state index in [1.165, 1.54) is 7.11 Å². The van der Waals surface area contributed by atoms with Gasteiger partial charge in [-0.1, -0.05) is 0 Å². The van der Waals surface area contributed by atoms with E-state index in [4.69, 9.17) is 20.3 Å². The maximum Gasteiger partial charge on any atom is 0.175 e. The van der Waals surface area contributed by atoms with Gasteiger partial charge in [-0.15, -0.1) is 0 Å². The lowest BCUT2D eigenvalue weighted by molar-refractivity contribution is -0.152. The Kier molecular flexibility index (Phi) is 3.60. The van der Waals surface area contributed by atoms with Crippen molar-refractivity contribution in [3.63, 3.8) is 0 Å². The van der Waals surface area contributed by atoms with Gasteiger partial charge < -0.3 is 30.5 Å². The van der Waals surface area contributed by atoms with E-state index in [0.717, 1.165) is 0 Å². The topological polar surface area (TPSA) is 105 Å². The Morgan fingerprint density at radius 1 is 1.62 bits per heavy atom. The molecule has 78 valence electrons. The lowest BCUT2D eigenvalue weighted by atomic mass is 10.1.